The summed E-state index contributed by atoms with van der Waals surface area (Å²) in [5, 5.41) is 19.1. The van der Waals surface area contributed by atoms with Crippen LogP contribution in [0, 0.1) is 15.9 Å². The summed E-state index contributed by atoms with van der Waals surface area (Å²) in [6, 6.07) is 2.94. The van der Waals surface area contributed by atoms with Gasteiger partial charge in [0.2, 0.25) is 0 Å². The lowest BCUT2D eigenvalue weighted by Crippen LogP contribution is -2.09. The number of hydrogen-bond acceptors (Lipinski definition) is 4. The Labute approximate surface area is 101 Å². The van der Waals surface area contributed by atoms with E-state index in [9.17, 15) is 24.1 Å². The third-order valence-corrected chi connectivity index (χ3v) is 2.44. The summed E-state index contributed by atoms with van der Waals surface area (Å²) >= 11 is 0. The fourth-order valence-electron chi connectivity index (χ4n) is 1.61. The molecule has 1 aromatic rings. The van der Waals surface area contributed by atoms with E-state index in [1.807, 2.05) is 0 Å². The maximum atomic E-state index is 13.6. The molecule has 0 radical (unpaired) electrons. The molecule has 1 N–H and O–H groups in total. The van der Waals surface area contributed by atoms with Crippen LogP contribution in [-0.4, -0.2) is 22.3 Å². The van der Waals surface area contributed by atoms with Crippen LogP contribution in [0.25, 0.3) is 0 Å². The number of carboxylic acid groups (broad SMARTS) is 1. The first-order chi connectivity index (χ1) is 8.45. The fraction of sp³-hybridized carbons (Fsp3) is 0.273. The van der Waals surface area contributed by atoms with Crippen LogP contribution in [0.3, 0.4) is 0 Å². The minimum Gasteiger partial charge on any atom is -0.481 e. The lowest BCUT2D eigenvalue weighted by molar-refractivity contribution is -0.385. The molecular formula is C11H10FNO5. The van der Waals surface area contributed by atoms with E-state index in [0.717, 1.165) is 18.2 Å². The number of hydrogen-bond donors (Lipinski definition) is 1. The lowest BCUT2D eigenvalue weighted by Gasteiger charge is -2.12. The van der Waals surface area contributed by atoms with E-state index >= 15 is 0 Å². The van der Waals surface area contributed by atoms with E-state index < -0.39 is 34.7 Å². The highest BCUT2D eigenvalue weighted by Gasteiger charge is 2.20. The number of carbonyl (C=O) groups excluding carboxylic acids is 1. The maximum Gasteiger partial charge on any atom is 0.303 e. The summed E-state index contributed by atoms with van der Waals surface area (Å²) < 4.78 is 13.6. The number of rotatable bonds is 6. The number of halogens is 1. The summed E-state index contributed by atoms with van der Waals surface area (Å²) in [6.07, 6.45) is -0.0665. The summed E-state index contributed by atoms with van der Waals surface area (Å²) in [7, 11) is 0. The van der Waals surface area contributed by atoms with Gasteiger partial charge in [-0.2, -0.15) is 0 Å². The normalized spacial score (nSPS) is 11.8. The van der Waals surface area contributed by atoms with Crippen molar-refractivity contribution in [3.63, 3.8) is 0 Å². The van der Waals surface area contributed by atoms with Crippen molar-refractivity contribution in [3.05, 3.63) is 39.7 Å². The Bertz CT molecular complexity index is 488. The minimum absolute atomic E-state index is 0.00454. The fourth-order valence-corrected chi connectivity index (χ4v) is 1.61. The topological polar surface area (TPSA) is 97.5 Å². The van der Waals surface area contributed by atoms with Gasteiger partial charge in [0.25, 0.3) is 5.69 Å². The van der Waals surface area contributed by atoms with Crippen LogP contribution >= 0.6 is 0 Å². The zero-order valence-electron chi connectivity index (χ0n) is 9.21. The first-order valence-corrected chi connectivity index (χ1v) is 5.05. The molecule has 0 saturated carbocycles. The first kappa shape index (κ1) is 13.8. The van der Waals surface area contributed by atoms with Gasteiger partial charge >= 0.3 is 5.97 Å². The molecule has 1 aromatic carbocycles. The average molecular weight is 255 g/mol. The number of non-ortho nitro benzene ring substituents is 1. The Morgan fingerprint density at radius 2 is 2.22 bits per heavy atom. The summed E-state index contributed by atoms with van der Waals surface area (Å²) in [5.74, 6) is -2.86. The molecule has 0 aromatic heterocycles. The van der Waals surface area contributed by atoms with Crippen LogP contribution in [-0.2, 0) is 9.59 Å². The van der Waals surface area contributed by atoms with Gasteiger partial charge in [0.15, 0.2) is 0 Å². The molecule has 6 nitrogen and oxygen atoms in total. The number of carbonyl (C=O) groups is 2. The molecule has 1 atom stereocenters. The Kier molecular flexibility index (Phi) is 4.47. The van der Waals surface area contributed by atoms with Gasteiger partial charge < -0.3 is 9.90 Å². The highest BCUT2D eigenvalue weighted by Crippen LogP contribution is 2.27. The Balaban J connectivity index is 3.08. The molecule has 0 spiro atoms. The van der Waals surface area contributed by atoms with Crippen molar-refractivity contribution >= 4 is 17.9 Å². The smallest absolute Gasteiger partial charge is 0.303 e. The van der Waals surface area contributed by atoms with Crippen molar-refractivity contribution in [2.24, 2.45) is 0 Å². The van der Waals surface area contributed by atoms with E-state index in [4.69, 9.17) is 5.11 Å². The van der Waals surface area contributed by atoms with Gasteiger partial charge in [-0.25, -0.2) is 4.39 Å². The van der Waals surface area contributed by atoms with Gasteiger partial charge in [-0.15, -0.1) is 0 Å². The molecule has 0 fully saturated rings. The van der Waals surface area contributed by atoms with Gasteiger partial charge in [-0.05, 0) is 11.6 Å². The Morgan fingerprint density at radius 1 is 1.56 bits per heavy atom. The average Bonchev–Trinajstić information content (AvgIpc) is 2.27. The molecule has 1 rings (SSSR count). The second-order valence-corrected chi connectivity index (χ2v) is 3.66. The van der Waals surface area contributed by atoms with Crippen LogP contribution < -0.4 is 0 Å². The standard InChI is InChI=1S/C11H10FNO5/c12-10-6-8(13(17)18)1-2-9(10)7(3-4-14)5-11(15)16/h1-2,4,6-7H,3,5H2,(H,15,16). The number of nitro groups is 1. The highest BCUT2D eigenvalue weighted by molar-refractivity contribution is 5.69. The molecule has 0 saturated heterocycles. The van der Waals surface area contributed by atoms with Crippen LogP contribution in [0.15, 0.2) is 18.2 Å². The minimum atomic E-state index is -1.17. The summed E-state index contributed by atoms with van der Waals surface area (Å²) in [5.41, 5.74) is -0.425. The van der Waals surface area contributed by atoms with Crippen molar-refractivity contribution in [2.45, 2.75) is 18.8 Å². The predicted octanol–water partition coefficient (Wildman–Crippen LogP) is 1.88. The molecule has 96 valence electrons. The number of carboxylic acids is 1. The molecule has 0 bridgehead atoms. The highest BCUT2D eigenvalue weighted by atomic mass is 19.1. The van der Waals surface area contributed by atoms with Crippen molar-refractivity contribution in [2.75, 3.05) is 0 Å². The van der Waals surface area contributed by atoms with Gasteiger partial charge in [-0.3, -0.25) is 14.9 Å². The zero-order chi connectivity index (χ0) is 13.7. The lowest BCUT2D eigenvalue weighted by atomic mass is 9.92. The third-order valence-electron chi connectivity index (χ3n) is 2.44. The van der Waals surface area contributed by atoms with E-state index in [-0.39, 0.29) is 12.0 Å². The van der Waals surface area contributed by atoms with Gasteiger partial charge in [0, 0.05) is 18.4 Å². The van der Waals surface area contributed by atoms with Crippen LogP contribution in [0.1, 0.15) is 24.3 Å². The van der Waals surface area contributed by atoms with Crippen molar-refractivity contribution in [1.29, 1.82) is 0 Å². The first-order valence-electron chi connectivity index (χ1n) is 5.05. The third kappa shape index (κ3) is 3.34. The number of benzene rings is 1. The molecule has 7 heteroatoms. The summed E-state index contributed by atoms with van der Waals surface area (Å²) in [6.45, 7) is 0. The van der Waals surface area contributed by atoms with E-state index in [2.05, 4.69) is 0 Å². The Morgan fingerprint density at radius 3 is 2.67 bits per heavy atom. The van der Waals surface area contributed by atoms with Crippen molar-refractivity contribution in [1.82, 2.24) is 0 Å². The van der Waals surface area contributed by atoms with Crippen LogP contribution in [0.2, 0.25) is 0 Å². The largest absolute Gasteiger partial charge is 0.481 e. The van der Waals surface area contributed by atoms with Crippen molar-refractivity contribution in [3.8, 4) is 0 Å². The van der Waals surface area contributed by atoms with Crippen molar-refractivity contribution < 1.29 is 24.0 Å². The molecule has 0 aliphatic carbocycles. The molecule has 0 aliphatic rings. The van der Waals surface area contributed by atoms with E-state index in [0.29, 0.717) is 6.29 Å². The Hall–Kier alpha value is -2.31. The van der Waals surface area contributed by atoms with Crippen LogP contribution in [0.5, 0.6) is 0 Å². The maximum absolute atomic E-state index is 13.6. The van der Waals surface area contributed by atoms with E-state index in [1.165, 1.54) is 0 Å². The molecule has 0 heterocycles. The predicted molar refractivity (Wildman–Crippen MR) is 58.7 cm³/mol. The molecular weight excluding hydrogens is 245 g/mol. The number of nitro benzene ring substituents is 1. The van der Waals surface area contributed by atoms with Crippen LogP contribution in [0.4, 0.5) is 10.1 Å². The number of nitrogens with zero attached hydrogens (tertiary/aromatic N) is 1. The number of aldehydes is 1. The second-order valence-electron chi connectivity index (χ2n) is 3.66. The van der Waals surface area contributed by atoms with Gasteiger partial charge in [-0.1, -0.05) is 0 Å². The monoisotopic (exact) mass is 255 g/mol. The number of aliphatic carboxylic acids is 1. The molecule has 18 heavy (non-hydrogen) atoms. The zero-order valence-corrected chi connectivity index (χ0v) is 9.21. The second kappa shape index (κ2) is 5.85. The molecule has 0 aliphatic heterocycles. The molecule has 0 amide bonds. The van der Waals surface area contributed by atoms with E-state index in [1.54, 1.807) is 0 Å². The van der Waals surface area contributed by atoms with Gasteiger partial charge in [0.05, 0.1) is 17.4 Å². The quantitative estimate of drug-likeness (QED) is 0.475. The van der Waals surface area contributed by atoms with Gasteiger partial charge in [0.1, 0.15) is 12.1 Å². The SMILES string of the molecule is O=CCC(CC(=O)O)c1ccc([N+](=O)[O-])cc1F. The molecule has 1 unspecified atom stereocenters. The summed E-state index contributed by atoms with van der Waals surface area (Å²) in [4.78, 5) is 30.7.